The lowest BCUT2D eigenvalue weighted by Gasteiger charge is -2.28. The third-order valence-electron chi connectivity index (χ3n) is 6.59. The van der Waals surface area contributed by atoms with E-state index >= 15 is 0 Å². The molecule has 0 radical (unpaired) electrons. The third kappa shape index (κ3) is 7.09. The molecule has 0 spiro atoms. The molecule has 0 aromatic heterocycles. The number of alkyl halides is 6. The minimum atomic E-state index is -5.34. The highest BCUT2D eigenvalue weighted by molar-refractivity contribution is 5.96. The smallest absolute Gasteiger partial charge is 0.368 e. The van der Waals surface area contributed by atoms with Crippen LogP contribution in [-0.4, -0.2) is 60.4 Å². The van der Waals surface area contributed by atoms with Crippen LogP contribution in [0.4, 0.5) is 26.3 Å². The molecule has 2 rings (SSSR count). The number of ketones is 1. The molecule has 1 saturated heterocycles. The number of halogens is 6. The fourth-order valence-corrected chi connectivity index (χ4v) is 4.61. The van der Waals surface area contributed by atoms with Crippen LogP contribution in [0.25, 0.3) is 0 Å². The van der Waals surface area contributed by atoms with E-state index in [1.807, 2.05) is 0 Å². The largest absolute Gasteiger partial charge is 0.471 e. The molecule has 0 bridgehead atoms. The summed E-state index contributed by atoms with van der Waals surface area (Å²) in [6, 6.07) is -3.22. The first-order valence-corrected chi connectivity index (χ1v) is 11.3. The summed E-state index contributed by atoms with van der Waals surface area (Å²) in [5.74, 6) is -13.2. The topological polar surface area (TPSA) is 147 Å². The third-order valence-corrected chi connectivity index (χ3v) is 6.59. The maximum Gasteiger partial charge on any atom is 0.471 e. The fraction of sp³-hybridized carbons (Fsp3) is 0.762. The molecule has 1 heterocycles. The molecule has 36 heavy (non-hydrogen) atoms. The molecule has 0 aromatic carbocycles. The monoisotopic (exact) mass is 530 g/mol. The van der Waals surface area contributed by atoms with Gasteiger partial charge in [0.1, 0.15) is 6.04 Å². The summed E-state index contributed by atoms with van der Waals surface area (Å²) in [4.78, 5) is 61.2. The normalized spacial score (nSPS) is 26.3. The minimum Gasteiger partial charge on any atom is -0.368 e. The van der Waals surface area contributed by atoms with Crippen molar-refractivity contribution in [3.05, 3.63) is 0 Å². The van der Waals surface area contributed by atoms with Crippen LogP contribution in [-0.2, 0) is 24.0 Å². The highest BCUT2D eigenvalue weighted by Crippen LogP contribution is 2.46. The Bertz CT molecular complexity index is 891. The zero-order chi connectivity index (χ0) is 27.6. The van der Waals surface area contributed by atoms with Crippen molar-refractivity contribution < 1.29 is 50.3 Å². The maximum absolute atomic E-state index is 13.5. The quantitative estimate of drug-likeness (QED) is 0.328. The molecular formula is C21H28F6N4O5. The Morgan fingerprint density at radius 3 is 2.06 bits per heavy atom. The van der Waals surface area contributed by atoms with E-state index in [0.717, 1.165) is 0 Å². The van der Waals surface area contributed by atoms with Crippen molar-refractivity contribution in [3.8, 4) is 0 Å². The van der Waals surface area contributed by atoms with Gasteiger partial charge in [0, 0.05) is 24.3 Å². The molecular weight excluding hydrogens is 502 g/mol. The van der Waals surface area contributed by atoms with Crippen LogP contribution in [0.5, 0.6) is 0 Å². The molecule has 6 atom stereocenters. The van der Waals surface area contributed by atoms with Crippen LogP contribution < -0.4 is 21.7 Å². The molecule has 0 aromatic rings. The molecule has 9 nitrogen and oxygen atoms in total. The Morgan fingerprint density at radius 2 is 1.61 bits per heavy atom. The van der Waals surface area contributed by atoms with Gasteiger partial charge in [-0.25, -0.2) is 0 Å². The van der Waals surface area contributed by atoms with Gasteiger partial charge in [-0.2, -0.15) is 26.3 Å². The first-order chi connectivity index (χ1) is 16.4. The highest BCUT2D eigenvalue weighted by atomic mass is 19.4. The lowest BCUT2D eigenvalue weighted by atomic mass is 9.83. The van der Waals surface area contributed by atoms with E-state index in [0.29, 0.717) is 13.0 Å². The molecule has 1 unspecified atom stereocenters. The summed E-state index contributed by atoms with van der Waals surface area (Å²) in [6.45, 7) is 2.91. The van der Waals surface area contributed by atoms with Crippen molar-refractivity contribution in [3.63, 3.8) is 0 Å². The Labute approximate surface area is 202 Å². The molecule has 204 valence electrons. The summed E-state index contributed by atoms with van der Waals surface area (Å²) < 4.78 is 78.7. The number of carbonyl (C=O) groups excluding carboxylic acids is 5. The van der Waals surface area contributed by atoms with Crippen LogP contribution in [0.2, 0.25) is 0 Å². The van der Waals surface area contributed by atoms with E-state index in [-0.39, 0.29) is 12.3 Å². The second-order valence-electron chi connectivity index (χ2n) is 9.49. The van der Waals surface area contributed by atoms with Gasteiger partial charge in [0.25, 0.3) is 0 Å². The number of carbonyl (C=O) groups is 5. The second kappa shape index (κ2) is 11.0. The zero-order valence-corrected chi connectivity index (χ0v) is 19.5. The van der Waals surface area contributed by atoms with Crippen molar-refractivity contribution in [2.75, 3.05) is 6.54 Å². The van der Waals surface area contributed by atoms with Crippen molar-refractivity contribution in [2.45, 2.75) is 64.0 Å². The Morgan fingerprint density at radius 1 is 1.03 bits per heavy atom. The summed E-state index contributed by atoms with van der Waals surface area (Å²) >= 11 is 0. The van der Waals surface area contributed by atoms with Crippen LogP contribution in [0, 0.1) is 29.6 Å². The van der Waals surface area contributed by atoms with E-state index in [2.05, 4.69) is 10.6 Å². The summed E-state index contributed by atoms with van der Waals surface area (Å²) in [7, 11) is 0. The van der Waals surface area contributed by atoms with Crippen molar-refractivity contribution in [2.24, 2.45) is 35.3 Å². The number of hydrogen-bond donors (Lipinski definition) is 4. The van der Waals surface area contributed by atoms with Crippen LogP contribution in [0.3, 0.4) is 0 Å². The average molecular weight is 530 g/mol. The Balaban J connectivity index is 2.28. The first kappa shape index (κ1) is 29.4. The molecule has 15 heteroatoms. The second-order valence-corrected chi connectivity index (χ2v) is 9.49. The molecule has 1 aliphatic carbocycles. The van der Waals surface area contributed by atoms with E-state index in [1.54, 1.807) is 0 Å². The van der Waals surface area contributed by atoms with Gasteiger partial charge < -0.3 is 21.7 Å². The van der Waals surface area contributed by atoms with Gasteiger partial charge in [0.15, 0.2) is 5.78 Å². The lowest BCUT2D eigenvalue weighted by Crippen LogP contribution is -2.53. The standard InChI is InChI=1S/C21H28F6N4O5/c1-8(2)14(31-19(36)21(25,26)27)15(32)11-6-10(20(22,23)24)7-12(11)18(35)30-13(16(28)33)5-9-3-4-29-17(9)34/h8-14H,3-7H2,1-2H3,(H2,28,33)(H,29,34)(H,30,35)(H,31,36)/t9-,10-,11?,12+,13-,14-/m0/s1. The molecule has 1 aliphatic heterocycles. The van der Waals surface area contributed by atoms with Crippen LogP contribution >= 0.6 is 0 Å². The van der Waals surface area contributed by atoms with E-state index in [4.69, 9.17) is 5.73 Å². The molecule has 5 N–H and O–H groups in total. The van der Waals surface area contributed by atoms with Crippen LogP contribution in [0.1, 0.15) is 39.5 Å². The summed E-state index contributed by atoms with van der Waals surface area (Å²) in [5, 5.41) is 6.26. The fourth-order valence-electron chi connectivity index (χ4n) is 4.61. The van der Waals surface area contributed by atoms with Gasteiger partial charge in [-0.3, -0.25) is 24.0 Å². The van der Waals surface area contributed by atoms with Gasteiger partial charge in [-0.1, -0.05) is 13.8 Å². The highest BCUT2D eigenvalue weighted by Gasteiger charge is 2.54. The van der Waals surface area contributed by atoms with Crippen LogP contribution in [0.15, 0.2) is 0 Å². The predicted molar refractivity (Wildman–Crippen MR) is 110 cm³/mol. The number of nitrogens with two attached hydrogens (primary N) is 1. The summed E-state index contributed by atoms with van der Waals surface area (Å²) in [6.07, 6.45) is -11.7. The SMILES string of the molecule is CC(C)[C@H](NC(=O)C(F)(F)F)C(=O)C1C[C@H](C(F)(F)F)C[C@H]1C(=O)N[C@@H](C[C@@H]1CCNC1=O)C(N)=O. The number of nitrogens with one attached hydrogen (secondary N) is 3. The van der Waals surface area contributed by atoms with E-state index < -0.39 is 90.4 Å². The molecule has 4 amide bonds. The van der Waals surface area contributed by atoms with Gasteiger partial charge >= 0.3 is 18.3 Å². The first-order valence-electron chi connectivity index (χ1n) is 11.3. The van der Waals surface area contributed by atoms with Gasteiger partial charge in [0.2, 0.25) is 17.7 Å². The van der Waals surface area contributed by atoms with E-state index in [1.165, 1.54) is 19.2 Å². The molecule has 2 aliphatic rings. The summed E-state index contributed by atoms with van der Waals surface area (Å²) in [5.41, 5.74) is 5.30. The van der Waals surface area contributed by atoms with Crippen molar-refractivity contribution >= 4 is 29.4 Å². The maximum atomic E-state index is 13.5. The van der Waals surface area contributed by atoms with Gasteiger partial charge in [0.05, 0.1) is 12.0 Å². The zero-order valence-electron chi connectivity index (χ0n) is 19.5. The van der Waals surface area contributed by atoms with Gasteiger partial charge in [-0.05, 0) is 31.6 Å². The molecule has 2 fully saturated rings. The lowest BCUT2D eigenvalue weighted by molar-refractivity contribution is -0.175. The number of rotatable bonds is 9. The number of hydrogen-bond acceptors (Lipinski definition) is 5. The number of primary amides is 1. The van der Waals surface area contributed by atoms with Crippen molar-refractivity contribution in [1.29, 1.82) is 0 Å². The molecule has 1 saturated carbocycles. The Hall–Kier alpha value is -2.87. The number of Topliss-reactive ketones (excluding diaryl/α,β-unsaturated/α-hetero) is 1. The predicted octanol–water partition coefficient (Wildman–Crippen LogP) is 0.960. The average Bonchev–Trinajstić information content (AvgIpc) is 3.36. The van der Waals surface area contributed by atoms with Gasteiger partial charge in [-0.15, -0.1) is 0 Å². The van der Waals surface area contributed by atoms with E-state index in [9.17, 15) is 50.3 Å². The Kier molecular flexibility index (Phi) is 9.00. The van der Waals surface area contributed by atoms with Crippen molar-refractivity contribution in [1.82, 2.24) is 16.0 Å². The number of amides is 4. The minimum absolute atomic E-state index is 0.211.